The molecule has 0 aliphatic carbocycles. The summed E-state index contributed by atoms with van der Waals surface area (Å²) in [4.78, 5) is 11.0. The summed E-state index contributed by atoms with van der Waals surface area (Å²) in [6.07, 6.45) is 0. The topological polar surface area (TPSA) is 17.1 Å². The van der Waals surface area contributed by atoms with Crippen molar-refractivity contribution in [2.75, 3.05) is 0 Å². The Morgan fingerprint density at radius 1 is 1.46 bits per heavy atom. The van der Waals surface area contributed by atoms with Gasteiger partial charge in [0, 0.05) is 5.02 Å². The lowest BCUT2D eigenvalue weighted by Gasteiger charge is -2.10. The van der Waals surface area contributed by atoms with E-state index in [9.17, 15) is 4.79 Å². The first-order valence-electron chi connectivity index (χ1n) is 3.93. The molecule has 1 atom stereocenters. The third kappa shape index (κ3) is 2.23. The lowest BCUT2D eigenvalue weighted by atomic mass is 10.0. The van der Waals surface area contributed by atoms with E-state index >= 15 is 0 Å². The summed E-state index contributed by atoms with van der Waals surface area (Å²) in [6.45, 7) is 3.33. The van der Waals surface area contributed by atoms with Gasteiger partial charge in [0.1, 0.15) is 5.38 Å². The largest absolute Gasteiger partial charge is 0.298 e. The standard InChI is InChI=1S/C10H10Cl2O/c1-6-8(10(12)7(2)13)4-3-5-9(6)11/h3-5,10H,1-2H3. The Labute approximate surface area is 87.7 Å². The predicted octanol–water partition coefficient (Wildman–Crippen LogP) is 3.52. The molecule has 1 rings (SSSR count). The normalized spacial score (nSPS) is 12.6. The first-order valence-corrected chi connectivity index (χ1v) is 4.75. The zero-order chi connectivity index (χ0) is 10.0. The number of rotatable bonds is 2. The number of hydrogen-bond donors (Lipinski definition) is 0. The molecule has 0 radical (unpaired) electrons. The fourth-order valence-electron chi connectivity index (χ4n) is 1.12. The Morgan fingerprint density at radius 2 is 2.08 bits per heavy atom. The average molecular weight is 217 g/mol. The smallest absolute Gasteiger partial charge is 0.152 e. The molecular formula is C10H10Cl2O. The van der Waals surface area contributed by atoms with E-state index in [2.05, 4.69) is 0 Å². The number of Topliss-reactive ketones (excluding diaryl/α,β-unsaturated/α-hetero) is 1. The highest BCUT2D eigenvalue weighted by Gasteiger charge is 2.15. The molecule has 0 saturated heterocycles. The Balaban J connectivity index is 3.15. The molecule has 13 heavy (non-hydrogen) atoms. The van der Waals surface area contributed by atoms with Crippen LogP contribution in [0.2, 0.25) is 5.02 Å². The molecule has 0 N–H and O–H groups in total. The number of ketones is 1. The highest BCUT2D eigenvalue weighted by molar-refractivity contribution is 6.33. The number of benzene rings is 1. The molecule has 0 spiro atoms. The Morgan fingerprint density at radius 3 is 2.62 bits per heavy atom. The van der Waals surface area contributed by atoms with Crippen molar-refractivity contribution >= 4 is 29.0 Å². The van der Waals surface area contributed by atoms with Crippen LogP contribution in [0, 0.1) is 6.92 Å². The highest BCUT2D eigenvalue weighted by Crippen LogP contribution is 2.28. The van der Waals surface area contributed by atoms with E-state index in [4.69, 9.17) is 23.2 Å². The SMILES string of the molecule is CC(=O)C(Cl)c1cccc(Cl)c1C. The van der Waals surface area contributed by atoms with Crippen molar-refractivity contribution in [3.05, 3.63) is 34.3 Å². The molecule has 0 aliphatic rings. The van der Waals surface area contributed by atoms with Crippen LogP contribution in [0.4, 0.5) is 0 Å². The Hall–Kier alpha value is -0.530. The molecule has 3 heteroatoms. The van der Waals surface area contributed by atoms with Crippen LogP contribution in [-0.4, -0.2) is 5.78 Å². The van der Waals surface area contributed by atoms with E-state index in [1.807, 2.05) is 13.0 Å². The maximum absolute atomic E-state index is 11.0. The quantitative estimate of drug-likeness (QED) is 0.692. The van der Waals surface area contributed by atoms with Crippen LogP contribution in [-0.2, 0) is 4.79 Å². The minimum atomic E-state index is -0.585. The second kappa shape index (κ2) is 4.12. The number of carbonyl (C=O) groups is 1. The lowest BCUT2D eigenvalue weighted by molar-refractivity contribution is -0.116. The van der Waals surface area contributed by atoms with Gasteiger partial charge in [0.25, 0.3) is 0 Å². The van der Waals surface area contributed by atoms with Crippen molar-refractivity contribution in [1.82, 2.24) is 0 Å². The van der Waals surface area contributed by atoms with E-state index in [0.717, 1.165) is 11.1 Å². The number of halogens is 2. The van der Waals surface area contributed by atoms with Gasteiger partial charge in [0.15, 0.2) is 5.78 Å². The van der Waals surface area contributed by atoms with Gasteiger partial charge in [-0.25, -0.2) is 0 Å². The molecule has 0 saturated carbocycles. The maximum atomic E-state index is 11.0. The van der Waals surface area contributed by atoms with Crippen LogP contribution in [0.5, 0.6) is 0 Å². The van der Waals surface area contributed by atoms with E-state index in [-0.39, 0.29) is 5.78 Å². The third-order valence-electron chi connectivity index (χ3n) is 1.94. The van der Waals surface area contributed by atoms with Gasteiger partial charge >= 0.3 is 0 Å². The summed E-state index contributed by atoms with van der Waals surface area (Å²) in [5.41, 5.74) is 1.67. The van der Waals surface area contributed by atoms with E-state index in [1.165, 1.54) is 6.92 Å². The van der Waals surface area contributed by atoms with Crippen molar-refractivity contribution in [1.29, 1.82) is 0 Å². The van der Waals surface area contributed by atoms with E-state index in [0.29, 0.717) is 5.02 Å². The summed E-state index contributed by atoms with van der Waals surface area (Å²) < 4.78 is 0. The second-order valence-electron chi connectivity index (χ2n) is 2.93. The summed E-state index contributed by atoms with van der Waals surface area (Å²) in [6, 6.07) is 5.40. The lowest BCUT2D eigenvalue weighted by Crippen LogP contribution is -2.03. The molecule has 1 nitrogen and oxygen atoms in total. The number of carbonyl (C=O) groups excluding carboxylic acids is 1. The van der Waals surface area contributed by atoms with Crippen LogP contribution in [0.1, 0.15) is 23.4 Å². The van der Waals surface area contributed by atoms with Crippen LogP contribution in [0.25, 0.3) is 0 Å². The second-order valence-corrected chi connectivity index (χ2v) is 3.77. The fourth-order valence-corrected chi connectivity index (χ4v) is 1.54. The Bertz CT molecular complexity index is 334. The minimum absolute atomic E-state index is 0.0629. The average Bonchev–Trinajstić information content (AvgIpc) is 2.08. The molecule has 0 bridgehead atoms. The minimum Gasteiger partial charge on any atom is -0.298 e. The Kier molecular flexibility index (Phi) is 3.34. The fraction of sp³-hybridized carbons (Fsp3) is 0.300. The zero-order valence-electron chi connectivity index (χ0n) is 7.47. The van der Waals surface area contributed by atoms with Crippen molar-refractivity contribution < 1.29 is 4.79 Å². The van der Waals surface area contributed by atoms with E-state index < -0.39 is 5.38 Å². The van der Waals surface area contributed by atoms with Crippen molar-refractivity contribution in [2.24, 2.45) is 0 Å². The third-order valence-corrected chi connectivity index (χ3v) is 2.89. The van der Waals surface area contributed by atoms with Crippen LogP contribution in [0.15, 0.2) is 18.2 Å². The van der Waals surface area contributed by atoms with Gasteiger partial charge in [-0.1, -0.05) is 23.7 Å². The van der Waals surface area contributed by atoms with Crippen LogP contribution >= 0.6 is 23.2 Å². The van der Waals surface area contributed by atoms with Gasteiger partial charge in [0.05, 0.1) is 0 Å². The van der Waals surface area contributed by atoms with E-state index in [1.54, 1.807) is 12.1 Å². The van der Waals surface area contributed by atoms with Crippen molar-refractivity contribution in [3.8, 4) is 0 Å². The van der Waals surface area contributed by atoms with Gasteiger partial charge in [-0.3, -0.25) is 4.79 Å². The van der Waals surface area contributed by atoms with Crippen LogP contribution in [0.3, 0.4) is 0 Å². The molecule has 0 fully saturated rings. The molecule has 0 aromatic heterocycles. The summed E-state index contributed by atoms with van der Waals surface area (Å²) in [7, 11) is 0. The van der Waals surface area contributed by atoms with Crippen LogP contribution < -0.4 is 0 Å². The first kappa shape index (κ1) is 10.6. The van der Waals surface area contributed by atoms with Crippen molar-refractivity contribution in [2.45, 2.75) is 19.2 Å². The van der Waals surface area contributed by atoms with Gasteiger partial charge in [-0.2, -0.15) is 0 Å². The molecule has 1 aromatic rings. The first-order chi connectivity index (χ1) is 6.04. The van der Waals surface area contributed by atoms with Gasteiger partial charge < -0.3 is 0 Å². The number of alkyl halides is 1. The molecule has 1 aromatic carbocycles. The monoisotopic (exact) mass is 216 g/mol. The van der Waals surface area contributed by atoms with Gasteiger partial charge in [-0.05, 0) is 31.0 Å². The zero-order valence-corrected chi connectivity index (χ0v) is 8.99. The summed E-state index contributed by atoms with van der Waals surface area (Å²) in [5, 5.41) is 0.0584. The van der Waals surface area contributed by atoms with Crippen molar-refractivity contribution in [3.63, 3.8) is 0 Å². The molecule has 1 unspecified atom stereocenters. The molecule has 70 valence electrons. The molecule has 0 amide bonds. The number of hydrogen-bond acceptors (Lipinski definition) is 1. The summed E-state index contributed by atoms with van der Waals surface area (Å²) in [5.74, 6) is -0.0629. The predicted molar refractivity (Wildman–Crippen MR) is 55.5 cm³/mol. The maximum Gasteiger partial charge on any atom is 0.152 e. The molecule has 0 aliphatic heterocycles. The van der Waals surface area contributed by atoms with Gasteiger partial charge in [-0.15, -0.1) is 11.6 Å². The van der Waals surface area contributed by atoms with Gasteiger partial charge in [0.2, 0.25) is 0 Å². The highest BCUT2D eigenvalue weighted by atomic mass is 35.5. The molecule has 0 heterocycles. The molecular weight excluding hydrogens is 207 g/mol. The summed E-state index contributed by atoms with van der Waals surface area (Å²) >= 11 is 11.8.